The van der Waals surface area contributed by atoms with Crippen molar-refractivity contribution < 1.29 is 4.79 Å². The predicted octanol–water partition coefficient (Wildman–Crippen LogP) is 1.17. The van der Waals surface area contributed by atoms with E-state index < -0.39 is 0 Å². The average Bonchev–Trinajstić information content (AvgIpc) is 2.45. The fraction of sp³-hybridized carbons (Fsp3) is 0.875. The summed E-state index contributed by atoms with van der Waals surface area (Å²) in [5, 5.41) is 2.81. The lowest BCUT2D eigenvalue weighted by Gasteiger charge is -2.14. The first kappa shape index (κ1) is 7.58. The number of amides is 1. The van der Waals surface area contributed by atoms with Crippen LogP contribution in [0.15, 0.2) is 0 Å². The van der Waals surface area contributed by atoms with Gasteiger partial charge in [0.1, 0.15) is 0 Å². The highest BCUT2D eigenvalue weighted by atomic mass is 16.1. The van der Waals surface area contributed by atoms with Gasteiger partial charge < -0.3 is 5.32 Å². The van der Waals surface area contributed by atoms with Crippen LogP contribution in [-0.2, 0) is 4.79 Å². The number of carbonyl (C=O) groups excluding carboxylic acids is 1. The molecule has 2 unspecified atom stereocenters. The minimum atomic E-state index is 0.376. The van der Waals surface area contributed by atoms with Crippen molar-refractivity contribution in [1.29, 1.82) is 0 Å². The maximum Gasteiger partial charge on any atom is 0.207 e. The molecule has 1 rings (SSSR count). The van der Waals surface area contributed by atoms with Crippen molar-refractivity contribution in [3.05, 3.63) is 0 Å². The van der Waals surface area contributed by atoms with Crippen LogP contribution in [0, 0.1) is 11.3 Å². The van der Waals surface area contributed by atoms with Crippen molar-refractivity contribution in [2.45, 2.75) is 33.2 Å². The maximum absolute atomic E-state index is 10.1. The molecule has 1 saturated carbocycles. The van der Waals surface area contributed by atoms with Crippen molar-refractivity contribution in [3.63, 3.8) is 0 Å². The third-order valence-electron chi connectivity index (χ3n) is 2.87. The molecule has 1 fully saturated rings. The van der Waals surface area contributed by atoms with Crippen molar-refractivity contribution >= 4 is 6.41 Å². The number of rotatable bonds is 3. The van der Waals surface area contributed by atoms with Crippen molar-refractivity contribution in [1.82, 2.24) is 5.32 Å². The monoisotopic (exact) mass is 141 g/mol. The highest BCUT2D eigenvalue weighted by Gasteiger charge is 2.51. The van der Waals surface area contributed by atoms with Gasteiger partial charge in [-0.25, -0.2) is 0 Å². The van der Waals surface area contributed by atoms with E-state index in [2.05, 4.69) is 26.1 Å². The van der Waals surface area contributed by atoms with E-state index in [9.17, 15) is 4.79 Å². The molecule has 2 heteroatoms. The first-order valence-corrected chi connectivity index (χ1v) is 3.81. The zero-order chi connectivity index (χ0) is 7.78. The molecule has 1 aliphatic carbocycles. The standard InChI is InChI=1S/C8H15NO/c1-6(2)8(3)4-7(8)9-5-10/h5-7H,4H2,1-3H3,(H,9,10). The summed E-state index contributed by atoms with van der Waals surface area (Å²) < 4.78 is 0. The lowest BCUT2D eigenvalue weighted by molar-refractivity contribution is -0.109. The quantitative estimate of drug-likeness (QED) is 0.587. The van der Waals surface area contributed by atoms with Crippen molar-refractivity contribution in [3.8, 4) is 0 Å². The minimum absolute atomic E-state index is 0.376. The molecule has 0 bridgehead atoms. The summed E-state index contributed by atoms with van der Waals surface area (Å²) in [6.07, 6.45) is 1.95. The molecule has 58 valence electrons. The SMILES string of the molecule is CC(C)C1(C)CC1NC=O. The van der Waals surface area contributed by atoms with E-state index in [1.807, 2.05) is 0 Å². The van der Waals surface area contributed by atoms with Crippen LogP contribution in [0.5, 0.6) is 0 Å². The maximum atomic E-state index is 10.1. The summed E-state index contributed by atoms with van der Waals surface area (Å²) in [6, 6.07) is 0.435. The second-order valence-electron chi connectivity index (χ2n) is 3.70. The van der Waals surface area contributed by atoms with E-state index in [-0.39, 0.29) is 0 Å². The van der Waals surface area contributed by atoms with Gasteiger partial charge >= 0.3 is 0 Å². The van der Waals surface area contributed by atoms with Gasteiger partial charge in [0.05, 0.1) is 0 Å². The summed E-state index contributed by atoms with van der Waals surface area (Å²) in [7, 11) is 0. The summed E-state index contributed by atoms with van der Waals surface area (Å²) >= 11 is 0. The molecule has 0 spiro atoms. The Balaban J connectivity index is 2.40. The van der Waals surface area contributed by atoms with Gasteiger partial charge in [0.25, 0.3) is 0 Å². The second-order valence-corrected chi connectivity index (χ2v) is 3.70. The molecule has 2 nitrogen and oxygen atoms in total. The molecule has 1 amide bonds. The molecule has 1 aliphatic rings. The zero-order valence-electron chi connectivity index (χ0n) is 6.85. The van der Waals surface area contributed by atoms with Crippen LogP contribution in [0.4, 0.5) is 0 Å². The zero-order valence-corrected chi connectivity index (χ0v) is 6.85. The Kier molecular flexibility index (Phi) is 1.71. The second kappa shape index (κ2) is 2.26. The molecule has 1 N–H and O–H groups in total. The fourth-order valence-electron chi connectivity index (χ4n) is 1.35. The molecule has 0 saturated heterocycles. The van der Waals surface area contributed by atoms with Crippen LogP contribution in [-0.4, -0.2) is 12.5 Å². The summed E-state index contributed by atoms with van der Waals surface area (Å²) in [5.41, 5.74) is 0.376. The third kappa shape index (κ3) is 1.02. The Morgan fingerprint density at radius 1 is 1.70 bits per heavy atom. The fourth-order valence-corrected chi connectivity index (χ4v) is 1.35. The molecule has 0 aliphatic heterocycles. The first-order chi connectivity index (χ1) is 4.61. The molecule has 2 atom stereocenters. The Morgan fingerprint density at radius 2 is 2.30 bits per heavy atom. The van der Waals surface area contributed by atoms with Gasteiger partial charge in [-0.1, -0.05) is 20.8 Å². The van der Waals surface area contributed by atoms with E-state index in [0.717, 1.165) is 12.8 Å². The van der Waals surface area contributed by atoms with E-state index in [0.29, 0.717) is 17.4 Å². The number of nitrogens with one attached hydrogen (secondary N) is 1. The van der Waals surface area contributed by atoms with Crippen molar-refractivity contribution in [2.75, 3.05) is 0 Å². The first-order valence-electron chi connectivity index (χ1n) is 3.81. The summed E-state index contributed by atoms with van der Waals surface area (Å²) in [4.78, 5) is 10.1. The van der Waals surface area contributed by atoms with Gasteiger partial charge in [-0.15, -0.1) is 0 Å². The Hall–Kier alpha value is -0.530. The molecule has 0 radical (unpaired) electrons. The lowest BCUT2D eigenvalue weighted by atomic mass is 9.94. The number of carbonyl (C=O) groups is 1. The molecular weight excluding hydrogens is 126 g/mol. The average molecular weight is 141 g/mol. The Bertz CT molecular complexity index is 144. The van der Waals surface area contributed by atoms with Crippen LogP contribution in [0.2, 0.25) is 0 Å². The van der Waals surface area contributed by atoms with Gasteiger partial charge in [0.2, 0.25) is 6.41 Å². The molecule has 0 aromatic carbocycles. The topological polar surface area (TPSA) is 29.1 Å². The minimum Gasteiger partial charge on any atom is -0.355 e. The highest BCUT2D eigenvalue weighted by Crippen LogP contribution is 2.51. The van der Waals surface area contributed by atoms with Gasteiger partial charge in [-0.2, -0.15) is 0 Å². The van der Waals surface area contributed by atoms with Crippen LogP contribution in [0.25, 0.3) is 0 Å². The summed E-state index contributed by atoms with van der Waals surface area (Å²) in [6.45, 7) is 6.62. The van der Waals surface area contributed by atoms with Crippen molar-refractivity contribution in [2.24, 2.45) is 11.3 Å². The van der Waals surface area contributed by atoms with Gasteiger partial charge in [-0.05, 0) is 17.8 Å². The Morgan fingerprint density at radius 3 is 2.60 bits per heavy atom. The van der Waals surface area contributed by atoms with E-state index in [1.54, 1.807) is 0 Å². The third-order valence-corrected chi connectivity index (χ3v) is 2.87. The number of hydrogen-bond donors (Lipinski definition) is 1. The van der Waals surface area contributed by atoms with Gasteiger partial charge in [0.15, 0.2) is 0 Å². The van der Waals surface area contributed by atoms with Gasteiger partial charge in [0, 0.05) is 6.04 Å². The van der Waals surface area contributed by atoms with Crippen LogP contribution >= 0.6 is 0 Å². The van der Waals surface area contributed by atoms with E-state index >= 15 is 0 Å². The smallest absolute Gasteiger partial charge is 0.207 e. The van der Waals surface area contributed by atoms with Gasteiger partial charge in [-0.3, -0.25) is 4.79 Å². The summed E-state index contributed by atoms with van der Waals surface area (Å²) in [5.74, 6) is 0.671. The molecule has 10 heavy (non-hydrogen) atoms. The number of hydrogen-bond acceptors (Lipinski definition) is 1. The molecular formula is C8H15NO. The molecule has 0 aromatic rings. The van der Waals surface area contributed by atoms with E-state index in [4.69, 9.17) is 0 Å². The van der Waals surface area contributed by atoms with Crippen LogP contribution in [0.1, 0.15) is 27.2 Å². The Labute approximate surface area is 62.0 Å². The largest absolute Gasteiger partial charge is 0.355 e. The normalized spacial score (nSPS) is 37.8. The lowest BCUT2D eigenvalue weighted by Crippen LogP contribution is -2.22. The molecule has 0 heterocycles. The molecule has 0 aromatic heterocycles. The van der Waals surface area contributed by atoms with Crippen LogP contribution in [0.3, 0.4) is 0 Å². The van der Waals surface area contributed by atoms with Crippen LogP contribution < -0.4 is 5.32 Å². The predicted molar refractivity (Wildman–Crippen MR) is 40.5 cm³/mol. The van der Waals surface area contributed by atoms with E-state index in [1.165, 1.54) is 0 Å². The highest BCUT2D eigenvalue weighted by molar-refractivity contribution is 5.48.